The van der Waals surface area contributed by atoms with Crippen molar-refractivity contribution >= 4 is 0 Å². The van der Waals surface area contributed by atoms with Gasteiger partial charge in [-0.3, -0.25) is 4.90 Å². The standard InChI is InChI=1S/C18H28N2/c1-2-15-10-12-20(13-15)14-17-5-3-16(4-6-17)9-11-19-18-7-8-18/h3-6,15,18-19H,2,7-14H2,1H3. The Kier molecular flexibility index (Phi) is 4.74. The number of hydrogen-bond acceptors (Lipinski definition) is 2. The van der Waals surface area contributed by atoms with E-state index in [9.17, 15) is 0 Å². The number of rotatable bonds is 7. The molecule has 0 bridgehead atoms. The van der Waals surface area contributed by atoms with Crippen LogP contribution in [0.5, 0.6) is 0 Å². The van der Waals surface area contributed by atoms with Gasteiger partial charge in [0.2, 0.25) is 0 Å². The van der Waals surface area contributed by atoms with Crippen molar-refractivity contribution in [2.24, 2.45) is 5.92 Å². The van der Waals surface area contributed by atoms with Gasteiger partial charge in [-0.15, -0.1) is 0 Å². The second-order valence-corrected chi connectivity index (χ2v) is 6.59. The van der Waals surface area contributed by atoms with Crippen molar-refractivity contribution in [3.05, 3.63) is 35.4 Å². The summed E-state index contributed by atoms with van der Waals surface area (Å²) in [5.74, 6) is 0.933. The highest BCUT2D eigenvalue weighted by Gasteiger charge is 2.21. The highest BCUT2D eigenvalue weighted by molar-refractivity contribution is 5.23. The molecule has 1 saturated carbocycles. The summed E-state index contributed by atoms with van der Waals surface area (Å²) in [4.78, 5) is 2.61. The van der Waals surface area contributed by atoms with Gasteiger partial charge in [0, 0.05) is 19.1 Å². The Labute approximate surface area is 123 Å². The molecule has 2 fully saturated rings. The molecule has 1 N–H and O–H groups in total. The van der Waals surface area contributed by atoms with Crippen molar-refractivity contribution in [1.29, 1.82) is 0 Å². The molecule has 3 rings (SSSR count). The number of likely N-dealkylation sites (tertiary alicyclic amines) is 1. The fourth-order valence-corrected chi connectivity index (χ4v) is 3.17. The molecule has 0 aromatic heterocycles. The lowest BCUT2D eigenvalue weighted by atomic mass is 10.1. The van der Waals surface area contributed by atoms with Crippen molar-refractivity contribution in [2.75, 3.05) is 19.6 Å². The summed E-state index contributed by atoms with van der Waals surface area (Å²) in [6.07, 6.45) is 6.66. The number of nitrogens with zero attached hydrogens (tertiary/aromatic N) is 1. The molecule has 1 unspecified atom stereocenters. The van der Waals surface area contributed by atoms with E-state index in [0.29, 0.717) is 0 Å². The summed E-state index contributed by atoms with van der Waals surface area (Å²) in [7, 11) is 0. The van der Waals surface area contributed by atoms with E-state index in [1.54, 1.807) is 0 Å². The van der Waals surface area contributed by atoms with E-state index < -0.39 is 0 Å². The Morgan fingerprint density at radius 2 is 1.85 bits per heavy atom. The minimum Gasteiger partial charge on any atom is -0.314 e. The van der Waals surface area contributed by atoms with Crippen LogP contribution in [0.4, 0.5) is 0 Å². The van der Waals surface area contributed by atoms with Crippen LogP contribution in [0.2, 0.25) is 0 Å². The number of hydrogen-bond donors (Lipinski definition) is 1. The van der Waals surface area contributed by atoms with Crippen molar-refractivity contribution in [3.63, 3.8) is 0 Å². The van der Waals surface area contributed by atoms with Crippen LogP contribution in [0, 0.1) is 5.92 Å². The lowest BCUT2D eigenvalue weighted by Gasteiger charge is -2.16. The van der Waals surface area contributed by atoms with E-state index in [4.69, 9.17) is 0 Å². The SMILES string of the molecule is CCC1CCN(Cc2ccc(CCNC3CC3)cc2)C1. The van der Waals surface area contributed by atoms with Gasteiger partial charge in [0.05, 0.1) is 0 Å². The van der Waals surface area contributed by atoms with Crippen molar-refractivity contribution in [3.8, 4) is 0 Å². The maximum absolute atomic E-state index is 3.58. The first kappa shape index (κ1) is 14.1. The summed E-state index contributed by atoms with van der Waals surface area (Å²) >= 11 is 0. The zero-order chi connectivity index (χ0) is 13.8. The Morgan fingerprint density at radius 1 is 1.10 bits per heavy atom. The second-order valence-electron chi connectivity index (χ2n) is 6.59. The highest BCUT2D eigenvalue weighted by atomic mass is 15.1. The van der Waals surface area contributed by atoms with Crippen LogP contribution in [-0.2, 0) is 13.0 Å². The molecular weight excluding hydrogens is 244 g/mol. The Bertz CT molecular complexity index is 408. The van der Waals surface area contributed by atoms with Crippen LogP contribution in [0.25, 0.3) is 0 Å². The molecule has 0 amide bonds. The van der Waals surface area contributed by atoms with Gasteiger partial charge in [-0.2, -0.15) is 0 Å². The fraction of sp³-hybridized carbons (Fsp3) is 0.667. The van der Waals surface area contributed by atoms with Gasteiger partial charge in [-0.1, -0.05) is 37.6 Å². The smallest absolute Gasteiger partial charge is 0.0233 e. The van der Waals surface area contributed by atoms with Crippen LogP contribution in [0.1, 0.15) is 43.7 Å². The molecule has 2 aliphatic rings. The zero-order valence-corrected chi connectivity index (χ0v) is 12.8. The van der Waals surface area contributed by atoms with E-state index >= 15 is 0 Å². The molecule has 2 nitrogen and oxygen atoms in total. The highest BCUT2D eigenvalue weighted by Crippen LogP contribution is 2.21. The largest absolute Gasteiger partial charge is 0.314 e. The molecule has 1 aliphatic heterocycles. The monoisotopic (exact) mass is 272 g/mol. The first-order chi connectivity index (χ1) is 9.83. The molecule has 1 atom stereocenters. The average molecular weight is 272 g/mol. The molecule has 0 radical (unpaired) electrons. The molecule has 1 saturated heterocycles. The van der Waals surface area contributed by atoms with Crippen LogP contribution >= 0.6 is 0 Å². The van der Waals surface area contributed by atoms with Gasteiger partial charge in [-0.25, -0.2) is 0 Å². The number of benzene rings is 1. The summed E-state index contributed by atoms with van der Waals surface area (Å²) in [5.41, 5.74) is 2.94. The van der Waals surface area contributed by atoms with Gasteiger partial charge in [0.15, 0.2) is 0 Å². The Morgan fingerprint density at radius 3 is 2.50 bits per heavy atom. The normalized spacial score (nSPS) is 23.4. The van der Waals surface area contributed by atoms with Gasteiger partial charge in [-0.05, 0) is 55.8 Å². The summed E-state index contributed by atoms with van der Waals surface area (Å²) < 4.78 is 0. The van der Waals surface area contributed by atoms with E-state index in [0.717, 1.165) is 25.0 Å². The fourth-order valence-electron chi connectivity index (χ4n) is 3.17. The van der Waals surface area contributed by atoms with Crippen LogP contribution < -0.4 is 5.32 Å². The third-order valence-corrected chi connectivity index (χ3v) is 4.80. The van der Waals surface area contributed by atoms with Crippen LogP contribution in [0.3, 0.4) is 0 Å². The van der Waals surface area contributed by atoms with E-state index in [1.807, 2.05) is 0 Å². The zero-order valence-electron chi connectivity index (χ0n) is 12.8. The summed E-state index contributed by atoms with van der Waals surface area (Å²) in [6, 6.07) is 10.1. The minimum absolute atomic E-state index is 0.830. The van der Waals surface area contributed by atoms with Crippen molar-refractivity contribution in [1.82, 2.24) is 10.2 Å². The third kappa shape index (κ3) is 4.07. The van der Waals surface area contributed by atoms with Gasteiger partial charge < -0.3 is 5.32 Å². The molecule has 1 heterocycles. The first-order valence-electron chi connectivity index (χ1n) is 8.37. The lowest BCUT2D eigenvalue weighted by molar-refractivity contribution is 0.315. The molecule has 0 spiro atoms. The average Bonchev–Trinajstić information content (AvgIpc) is 3.18. The molecule has 1 aromatic rings. The quantitative estimate of drug-likeness (QED) is 0.820. The molecule has 1 aliphatic carbocycles. The van der Waals surface area contributed by atoms with E-state index in [2.05, 4.69) is 41.4 Å². The summed E-state index contributed by atoms with van der Waals surface area (Å²) in [6.45, 7) is 7.17. The predicted molar refractivity (Wildman–Crippen MR) is 84.8 cm³/mol. The Hall–Kier alpha value is -0.860. The third-order valence-electron chi connectivity index (χ3n) is 4.80. The topological polar surface area (TPSA) is 15.3 Å². The van der Waals surface area contributed by atoms with Crippen molar-refractivity contribution in [2.45, 2.75) is 51.6 Å². The predicted octanol–water partition coefficient (Wildman–Crippen LogP) is 3.21. The van der Waals surface area contributed by atoms with Gasteiger partial charge in [0.1, 0.15) is 0 Å². The minimum atomic E-state index is 0.830. The van der Waals surface area contributed by atoms with Crippen LogP contribution in [0.15, 0.2) is 24.3 Å². The molecule has 20 heavy (non-hydrogen) atoms. The maximum Gasteiger partial charge on any atom is 0.0233 e. The summed E-state index contributed by atoms with van der Waals surface area (Å²) in [5, 5.41) is 3.58. The molecule has 110 valence electrons. The van der Waals surface area contributed by atoms with Gasteiger partial charge in [0.25, 0.3) is 0 Å². The van der Waals surface area contributed by atoms with E-state index in [1.165, 1.54) is 56.3 Å². The second kappa shape index (κ2) is 6.73. The maximum atomic E-state index is 3.58. The Balaban J connectivity index is 1.43. The lowest BCUT2D eigenvalue weighted by Crippen LogP contribution is -2.20. The van der Waals surface area contributed by atoms with Gasteiger partial charge >= 0.3 is 0 Å². The van der Waals surface area contributed by atoms with Crippen molar-refractivity contribution < 1.29 is 0 Å². The first-order valence-corrected chi connectivity index (χ1v) is 8.37. The molecular formula is C18H28N2. The number of nitrogens with one attached hydrogen (secondary N) is 1. The van der Waals surface area contributed by atoms with Crippen LogP contribution in [-0.4, -0.2) is 30.6 Å². The van der Waals surface area contributed by atoms with E-state index in [-0.39, 0.29) is 0 Å². The molecule has 2 heteroatoms. The molecule has 1 aromatic carbocycles.